The van der Waals surface area contributed by atoms with E-state index >= 15 is 0 Å². The topological polar surface area (TPSA) is 44.8 Å². The highest BCUT2D eigenvalue weighted by molar-refractivity contribution is 5.94. The monoisotopic (exact) mass is 347 g/mol. The van der Waals surface area contributed by atoms with Crippen LogP contribution in [-0.2, 0) is 11.3 Å². The lowest BCUT2D eigenvalue weighted by molar-refractivity contribution is 0.0204. The predicted molar refractivity (Wildman–Crippen MR) is 102 cm³/mol. The summed E-state index contributed by atoms with van der Waals surface area (Å²) in [6, 6.07) is 8.83. The van der Waals surface area contributed by atoms with Crippen molar-refractivity contribution in [3.63, 3.8) is 0 Å². The lowest BCUT2D eigenvalue weighted by atomic mass is 10.1. The van der Waals surface area contributed by atoms with Crippen LogP contribution in [0.5, 0.6) is 0 Å². The van der Waals surface area contributed by atoms with Gasteiger partial charge in [-0.2, -0.15) is 0 Å². The summed E-state index contributed by atoms with van der Waals surface area (Å²) in [6.07, 6.45) is 0. The maximum Gasteiger partial charge on any atom is 0.251 e. The van der Waals surface area contributed by atoms with Crippen LogP contribution in [0.15, 0.2) is 24.3 Å². The van der Waals surface area contributed by atoms with E-state index in [1.54, 1.807) is 0 Å². The molecule has 0 radical (unpaired) electrons. The lowest BCUT2D eigenvalue weighted by Crippen LogP contribution is -2.47. The van der Waals surface area contributed by atoms with Crippen molar-refractivity contribution in [1.29, 1.82) is 0 Å². The molecule has 1 aromatic rings. The standard InChI is InChI=1S/C20H33N3O2/c1-5-22(16(2)3)15-18-6-8-19(9-7-18)20(24)21-14-17(4)23-10-12-25-13-11-23/h6-9,16-17H,5,10-15H2,1-4H3,(H,21,24). The van der Waals surface area contributed by atoms with Gasteiger partial charge in [-0.05, 0) is 45.0 Å². The first-order valence-electron chi connectivity index (χ1n) is 9.44. The smallest absolute Gasteiger partial charge is 0.251 e. The van der Waals surface area contributed by atoms with Crippen molar-refractivity contribution in [2.45, 2.75) is 46.3 Å². The maximum absolute atomic E-state index is 12.4. The van der Waals surface area contributed by atoms with E-state index in [1.165, 1.54) is 5.56 Å². The molecule has 1 N–H and O–H groups in total. The first-order valence-corrected chi connectivity index (χ1v) is 9.44. The minimum absolute atomic E-state index is 0.00265. The number of amides is 1. The molecule has 1 saturated heterocycles. The third kappa shape index (κ3) is 6.10. The molecule has 1 fully saturated rings. The molecule has 0 aromatic heterocycles. The SMILES string of the molecule is CCN(Cc1ccc(C(=O)NCC(C)N2CCOCC2)cc1)C(C)C. The molecular formula is C20H33N3O2. The molecule has 1 aromatic carbocycles. The molecule has 1 amide bonds. The molecule has 5 nitrogen and oxygen atoms in total. The minimum Gasteiger partial charge on any atom is -0.379 e. The van der Waals surface area contributed by atoms with E-state index in [2.05, 4.69) is 54.9 Å². The van der Waals surface area contributed by atoms with Gasteiger partial charge >= 0.3 is 0 Å². The first-order chi connectivity index (χ1) is 12.0. The van der Waals surface area contributed by atoms with Crippen molar-refractivity contribution in [3.8, 4) is 0 Å². The van der Waals surface area contributed by atoms with Crippen molar-refractivity contribution < 1.29 is 9.53 Å². The number of carbonyl (C=O) groups excluding carboxylic acids is 1. The van der Waals surface area contributed by atoms with Crippen LogP contribution in [0.3, 0.4) is 0 Å². The molecule has 0 bridgehead atoms. The number of hydrogen-bond acceptors (Lipinski definition) is 4. The van der Waals surface area contributed by atoms with Crippen molar-refractivity contribution in [3.05, 3.63) is 35.4 Å². The number of rotatable bonds is 8. The summed E-state index contributed by atoms with van der Waals surface area (Å²) in [5.74, 6) is 0.00265. The third-order valence-electron chi connectivity index (χ3n) is 4.97. The number of nitrogens with one attached hydrogen (secondary N) is 1. The highest BCUT2D eigenvalue weighted by atomic mass is 16.5. The second kappa shape index (κ2) is 9.90. The summed E-state index contributed by atoms with van der Waals surface area (Å²) in [7, 11) is 0. The van der Waals surface area contributed by atoms with Gasteiger partial charge in [-0.15, -0.1) is 0 Å². The summed E-state index contributed by atoms with van der Waals surface area (Å²) in [4.78, 5) is 17.1. The van der Waals surface area contributed by atoms with E-state index in [0.717, 1.165) is 45.0 Å². The average molecular weight is 348 g/mol. The number of morpholine rings is 1. The Kier molecular flexibility index (Phi) is 7.88. The number of carbonyl (C=O) groups is 1. The quantitative estimate of drug-likeness (QED) is 0.784. The van der Waals surface area contributed by atoms with E-state index < -0.39 is 0 Å². The Hall–Kier alpha value is -1.43. The van der Waals surface area contributed by atoms with Crippen molar-refractivity contribution in [2.24, 2.45) is 0 Å². The predicted octanol–water partition coefficient (Wildman–Crippen LogP) is 2.37. The average Bonchev–Trinajstić information content (AvgIpc) is 2.64. The lowest BCUT2D eigenvalue weighted by Gasteiger charge is -2.32. The van der Waals surface area contributed by atoms with E-state index in [9.17, 15) is 4.79 Å². The molecule has 1 heterocycles. The fourth-order valence-corrected chi connectivity index (χ4v) is 3.15. The van der Waals surface area contributed by atoms with Gasteiger partial charge in [0.15, 0.2) is 0 Å². The number of hydrogen-bond donors (Lipinski definition) is 1. The number of ether oxygens (including phenoxy) is 1. The Morgan fingerprint density at radius 2 is 1.84 bits per heavy atom. The van der Waals surface area contributed by atoms with Crippen LogP contribution in [0.25, 0.3) is 0 Å². The normalized spacial score (nSPS) is 17.0. The van der Waals surface area contributed by atoms with Crippen LogP contribution in [-0.4, -0.2) is 67.2 Å². The van der Waals surface area contributed by atoms with Crippen LogP contribution in [0.2, 0.25) is 0 Å². The van der Waals surface area contributed by atoms with Gasteiger partial charge in [0.05, 0.1) is 13.2 Å². The van der Waals surface area contributed by atoms with E-state index in [0.29, 0.717) is 18.6 Å². The molecule has 0 spiro atoms. The Balaban J connectivity index is 1.83. The molecule has 1 atom stereocenters. The zero-order chi connectivity index (χ0) is 18.2. The van der Waals surface area contributed by atoms with Crippen LogP contribution in [0.1, 0.15) is 43.6 Å². The molecule has 2 rings (SSSR count). The maximum atomic E-state index is 12.4. The zero-order valence-corrected chi connectivity index (χ0v) is 16.1. The number of benzene rings is 1. The van der Waals surface area contributed by atoms with Gasteiger partial charge in [-0.1, -0.05) is 19.1 Å². The molecule has 0 saturated carbocycles. The Labute approximate surface area is 152 Å². The second-order valence-corrected chi connectivity index (χ2v) is 7.06. The third-order valence-corrected chi connectivity index (χ3v) is 4.97. The van der Waals surface area contributed by atoms with Crippen LogP contribution in [0, 0.1) is 0 Å². The van der Waals surface area contributed by atoms with Gasteiger partial charge in [0.25, 0.3) is 5.91 Å². The van der Waals surface area contributed by atoms with Crippen LogP contribution < -0.4 is 5.32 Å². The van der Waals surface area contributed by atoms with Crippen molar-refractivity contribution >= 4 is 5.91 Å². The molecule has 0 aliphatic carbocycles. The van der Waals surface area contributed by atoms with Crippen molar-refractivity contribution in [2.75, 3.05) is 39.4 Å². The molecule has 1 unspecified atom stereocenters. The molecule has 1 aliphatic rings. The molecule has 140 valence electrons. The molecule has 5 heteroatoms. The van der Waals surface area contributed by atoms with Gasteiger partial charge in [-0.25, -0.2) is 0 Å². The summed E-state index contributed by atoms with van der Waals surface area (Å²) >= 11 is 0. The van der Waals surface area contributed by atoms with Gasteiger partial charge in [0, 0.05) is 43.8 Å². The van der Waals surface area contributed by atoms with Gasteiger partial charge < -0.3 is 10.1 Å². The largest absolute Gasteiger partial charge is 0.379 e. The minimum atomic E-state index is 0.00265. The fraction of sp³-hybridized carbons (Fsp3) is 0.650. The van der Waals surface area contributed by atoms with Crippen molar-refractivity contribution in [1.82, 2.24) is 15.1 Å². The van der Waals surface area contributed by atoms with E-state index in [1.807, 2.05) is 12.1 Å². The van der Waals surface area contributed by atoms with Gasteiger partial charge in [0.2, 0.25) is 0 Å². The van der Waals surface area contributed by atoms with E-state index in [4.69, 9.17) is 4.74 Å². The zero-order valence-electron chi connectivity index (χ0n) is 16.1. The van der Waals surface area contributed by atoms with E-state index in [-0.39, 0.29) is 5.91 Å². The summed E-state index contributed by atoms with van der Waals surface area (Å²) in [5, 5.41) is 3.05. The summed E-state index contributed by atoms with van der Waals surface area (Å²) < 4.78 is 5.37. The second-order valence-electron chi connectivity index (χ2n) is 7.06. The van der Waals surface area contributed by atoms with Crippen LogP contribution >= 0.6 is 0 Å². The molecule has 1 aliphatic heterocycles. The fourth-order valence-electron chi connectivity index (χ4n) is 3.15. The van der Waals surface area contributed by atoms with Gasteiger partial charge in [0.1, 0.15) is 0 Å². The van der Waals surface area contributed by atoms with Gasteiger partial charge in [-0.3, -0.25) is 14.6 Å². The Morgan fingerprint density at radius 1 is 1.20 bits per heavy atom. The highest BCUT2D eigenvalue weighted by Gasteiger charge is 2.17. The molecule has 25 heavy (non-hydrogen) atoms. The summed E-state index contributed by atoms with van der Waals surface area (Å²) in [6.45, 7) is 14.8. The Bertz CT molecular complexity index is 524. The first kappa shape index (κ1) is 19.9. The Morgan fingerprint density at radius 3 is 2.40 bits per heavy atom. The summed E-state index contributed by atoms with van der Waals surface area (Å²) in [5.41, 5.74) is 1.97. The number of nitrogens with zero attached hydrogens (tertiary/aromatic N) is 2. The van der Waals surface area contributed by atoms with Crippen LogP contribution in [0.4, 0.5) is 0 Å². The highest BCUT2D eigenvalue weighted by Crippen LogP contribution is 2.10. The molecular weight excluding hydrogens is 314 g/mol.